The van der Waals surface area contributed by atoms with Crippen LogP contribution < -0.4 is 10.6 Å². The molecule has 174 valence electrons. The first-order chi connectivity index (χ1) is 15.8. The molecule has 2 heterocycles. The Labute approximate surface area is 200 Å². The predicted molar refractivity (Wildman–Crippen MR) is 125 cm³/mol. The molecular formula is C23H24ClN3O5S. The van der Waals surface area contributed by atoms with Gasteiger partial charge >= 0.3 is 12.0 Å². The molecule has 4 amide bonds. The number of hydrogen-bond acceptors (Lipinski definition) is 6. The molecule has 0 atom stereocenters. The summed E-state index contributed by atoms with van der Waals surface area (Å²) in [4.78, 5) is 52.3. The van der Waals surface area contributed by atoms with Gasteiger partial charge < -0.3 is 15.4 Å². The third kappa shape index (κ3) is 4.74. The number of carbonyl (C=O) groups is 4. The summed E-state index contributed by atoms with van der Waals surface area (Å²) in [5.41, 5.74) is 0.375. The Balaban J connectivity index is 1.46. The fraction of sp³-hybridized carbons (Fsp3) is 0.391. The summed E-state index contributed by atoms with van der Waals surface area (Å²) < 4.78 is 5.13. The minimum atomic E-state index is -0.800. The number of carbonyl (C=O) groups excluding carboxylic acids is 4. The van der Waals surface area contributed by atoms with E-state index in [9.17, 15) is 19.2 Å². The van der Waals surface area contributed by atoms with Gasteiger partial charge in [0.2, 0.25) is 5.91 Å². The maximum atomic E-state index is 12.8. The second-order valence-electron chi connectivity index (χ2n) is 8.06. The van der Waals surface area contributed by atoms with E-state index in [4.69, 9.17) is 16.3 Å². The van der Waals surface area contributed by atoms with Crippen molar-refractivity contribution in [2.24, 2.45) is 0 Å². The van der Waals surface area contributed by atoms with Crippen LogP contribution in [0.3, 0.4) is 0 Å². The van der Waals surface area contributed by atoms with E-state index >= 15 is 0 Å². The summed E-state index contributed by atoms with van der Waals surface area (Å²) in [6, 6.07) is 8.39. The molecule has 4 rings (SSSR count). The summed E-state index contributed by atoms with van der Waals surface area (Å²) in [7, 11) is 0. The van der Waals surface area contributed by atoms with E-state index in [-0.39, 0.29) is 30.4 Å². The Bertz CT molecular complexity index is 1090. The summed E-state index contributed by atoms with van der Waals surface area (Å²) in [5, 5.41) is 6.14. The van der Waals surface area contributed by atoms with E-state index in [0.29, 0.717) is 23.6 Å². The van der Waals surface area contributed by atoms with Crippen molar-refractivity contribution in [1.82, 2.24) is 10.2 Å². The lowest BCUT2D eigenvalue weighted by atomic mass is 9.98. The van der Waals surface area contributed by atoms with Gasteiger partial charge in [0.25, 0.3) is 5.91 Å². The zero-order valence-electron chi connectivity index (χ0n) is 18.1. The second kappa shape index (κ2) is 9.52. The summed E-state index contributed by atoms with van der Waals surface area (Å²) in [5.74, 6) is -1.20. The third-order valence-corrected chi connectivity index (χ3v) is 7.28. The zero-order valence-corrected chi connectivity index (χ0v) is 19.7. The summed E-state index contributed by atoms with van der Waals surface area (Å²) >= 11 is 7.17. The molecule has 2 aliphatic rings. The first-order valence-electron chi connectivity index (χ1n) is 10.8. The van der Waals surface area contributed by atoms with Gasteiger partial charge in [-0.2, -0.15) is 0 Å². The quantitative estimate of drug-likeness (QED) is 0.442. The van der Waals surface area contributed by atoms with Gasteiger partial charge in [0.15, 0.2) is 0 Å². The maximum absolute atomic E-state index is 12.8. The Morgan fingerprint density at radius 1 is 1.21 bits per heavy atom. The molecule has 0 bridgehead atoms. The van der Waals surface area contributed by atoms with Crippen LogP contribution >= 0.6 is 22.9 Å². The predicted octanol–water partition coefficient (Wildman–Crippen LogP) is 4.44. The Morgan fingerprint density at radius 2 is 1.91 bits per heavy atom. The van der Waals surface area contributed by atoms with Crippen molar-refractivity contribution in [3.05, 3.63) is 40.2 Å². The summed E-state index contributed by atoms with van der Waals surface area (Å²) in [6.45, 7) is 1.88. The molecule has 33 heavy (non-hydrogen) atoms. The maximum Gasteiger partial charge on any atom is 0.350 e. The number of urea groups is 1. The molecule has 1 aliphatic heterocycles. The number of halogens is 1. The highest BCUT2D eigenvalue weighted by Gasteiger charge is 2.52. The minimum Gasteiger partial charge on any atom is -0.462 e. The fourth-order valence-corrected chi connectivity index (χ4v) is 5.35. The fourth-order valence-electron chi connectivity index (χ4n) is 4.21. The minimum absolute atomic E-state index is 0.0266. The molecule has 1 aromatic heterocycles. The van der Waals surface area contributed by atoms with Gasteiger partial charge in [-0.1, -0.05) is 36.6 Å². The number of nitrogens with one attached hydrogen (secondary N) is 2. The molecular weight excluding hydrogens is 466 g/mol. The Kier molecular flexibility index (Phi) is 6.71. The number of benzene rings is 1. The highest BCUT2D eigenvalue weighted by molar-refractivity contribution is 7.18. The number of ether oxygens (including phenoxy) is 1. The normalized spacial score (nSPS) is 16.8. The smallest absolute Gasteiger partial charge is 0.350 e. The molecule has 1 aromatic carbocycles. The van der Waals surface area contributed by atoms with Gasteiger partial charge in [-0.25, -0.2) is 9.59 Å². The van der Waals surface area contributed by atoms with Crippen LogP contribution in [0.5, 0.6) is 0 Å². The standard InChI is InChI=1S/C23H24ClN3O5S/c1-2-32-20(29)19-16(13-17(33-19)14-5-7-15(24)8-6-14)25-18(28)9-12-27-21(30)23(26-22(27)31)10-3-4-11-23/h5-8,13H,2-4,9-12H2,1H3,(H,25,28)(H,26,31). The Hall–Kier alpha value is -2.91. The third-order valence-electron chi connectivity index (χ3n) is 5.86. The topological polar surface area (TPSA) is 105 Å². The number of hydrogen-bond donors (Lipinski definition) is 2. The van der Waals surface area contributed by atoms with Crippen LogP contribution in [0.25, 0.3) is 10.4 Å². The first kappa shape index (κ1) is 23.3. The highest BCUT2D eigenvalue weighted by Crippen LogP contribution is 2.37. The Morgan fingerprint density at radius 3 is 2.58 bits per heavy atom. The first-order valence-corrected chi connectivity index (χ1v) is 12.0. The molecule has 2 aromatic rings. The van der Waals surface area contributed by atoms with Crippen LogP contribution in [0.15, 0.2) is 30.3 Å². The van der Waals surface area contributed by atoms with E-state index in [1.54, 1.807) is 25.1 Å². The molecule has 0 unspecified atom stereocenters. The average molecular weight is 490 g/mol. The lowest BCUT2D eigenvalue weighted by Gasteiger charge is -2.19. The van der Waals surface area contributed by atoms with Crippen LogP contribution in [0, 0.1) is 0 Å². The molecule has 2 N–H and O–H groups in total. The van der Waals surface area contributed by atoms with Crippen molar-refractivity contribution in [2.45, 2.75) is 44.6 Å². The molecule has 2 fully saturated rings. The van der Waals surface area contributed by atoms with Crippen molar-refractivity contribution in [1.29, 1.82) is 0 Å². The van der Waals surface area contributed by atoms with Crippen LogP contribution in [-0.2, 0) is 14.3 Å². The van der Waals surface area contributed by atoms with E-state index in [2.05, 4.69) is 10.6 Å². The van der Waals surface area contributed by atoms with Gasteiger partial charge in [-0.15, -0.1) is 11.3 Å². The number of rotatable bonds is 7. The van der Waals surface area contributed by atoms with E-state index in [1.165, 1.54) is 11.3 Å². The molecule has 10 heteroatoms. The number of imide groups is 1. The molecule has 1 aliphatic carbocycles. The highest BCUT2D eigenvalue weighted by atomic mass is 35.5. The number of nitrogens with zero attached hydrogens (tertiary/aromatic N) is 1. The van der Waals surface area contributed by atoms with Crippen molar-refractivity contribution in [3.8, 4) is 10.4 Å². The molecule has 1 saturated carbocycles. The number of thiophene rings is 1. The lowest BCUT2D eigenvalue weighted by Crippen LogP contribution is -2.44. The van der Waals surface area contributed by atoms with Gasteiger partial charge in [0, 0.05) is 22.9 Å². The van der Waals surface area contributed by atoms with Crippen LogP contribution in [-0.4, -0.2) is 47.4 Å². The van der Waals surface area contributed by atoms with E-state index < -0.39 is 23.4 Å². The van der Waals surface area contributed by atoms with Crippen molar-refractivity contribution < 1.29 is 23.9 Å². The van der Waals surface area contributed by atoms with Crippen LogP contribution in [0.1, 0.15) is 48.7 Å². The van der Waals surface area contributed by atoms with Crippen molar-refractivity contribution >= 4 is 52.4 Å². The SMILES string of the molecule is CCOC(=O)c1sc(-c2ccc(Cl)cc2)cc1NC(=O)CCN1C(=O)NC2(CCCC2)C1=O. The molecule has 0 radical (unpaired) electrons. The van der Waals surface area contributed by atoms with E-state index in [0.717, 1.165) is 28.2 Å². The molecule has 1 saturated heterocycles. The van der Waals surface area contributed by atoms with Gasteiger partial charge in [-0.3, -0.25) is 14.5 Å². The summed E-state index contributed by atoms with van der Waals surface area (Å²) in [6.07, 6.45) is 2.97. The molecule has 8 nitrogen and oxygen atoms in total. The number of amides is 4. The molecule has 1 spiro atoms. The number of esters is 1. The van der Waals surface area contributed by atoms with Crippen LogP contribution in [0.2, 0.25) is 5.02 Å². The van der Waals surface area contributed by atoms with Gasteiger partial charge in [0.05, 0.1) is 12.3 Å². The van der Waals surface area contributed by atoms with Crippen LogP contribution in [0.4, 0.5) is 10.5 Å². The van der Waals surface area contributed by atoms with Gasteiger partial charge in [-0.05, 0) is 43.5 Å². The second-order valence-corrected chi connectivity index (χ2v) is 9.54. The van der Waals surface area contributed by atoms with Crippen molar-refractivity contribution in [2.75, 3.05) is 18.5 Å². The zero-order chi connectivity index (χ0) is 23.6. The monoisotopic (exact) mass is 489 g/mol. The van der Waals surface area contributed by atoms with Crippen molar-refractivity contribution in [3.63, 3.8) is 0 Å². The number of anilines is 1. The van der Waals surface area contributed by atoms with E-state index in [1.807, 2.05) is 12.1 Å². The van der Waals surface area contributed by atoms with Gasteiger partial charge in [0.1, 0.15) is 10.4 Å². The lowest BCUT2D eigenvalue weighted by molar-refractivity contribution is -0.131. The largest absolute Gasteiger partial charge is 0.462 e. The average Bonchev–Trinajstić information content (AvgIpc) is 3.47.